The van der Waals surface area contributed by atoms with Crippen LogP contribution in [-0.2, 0) is 12.8 Å². The molecule has 0 spiro atoms. The van der Waals surface area contributed by atoms with Gasteiger partial charge >= 0.3 is 0 Å². The molecular formula is C11H18N2S. The summed E-state index contributed by atoms with van der Waals surface area (Å²) in [6.45, 7) is 4.32. The second-order valence-corrected chi connectivity index (χ2v) is 5.51. The molecule has 3 heteroatoms. The summed E-state index contributed by atoms with van der Waals surface area (Å²) in [5.41, 5.74) is 7.42. The molecular weight excluding hydrogens is 192 g/mol. The quantitative estimate of drug-likeness (QED) is 0.815. The van der Waals surface area contributed by atoms with Crippen molar-refractivity contribution in [2.45, 2.75) is 45.6 Å². The SMILES string of the molecule is CC(C)[C@H](N)c1nc2c(s1)CCCC2. The Labute approximate surface area is 89.5 Å². The molecule has 1 heterocycles. The van der Waals surface area contributed by atoms with Gasteiger partial charge in [-0.3, -0.25) is 0 Å². The van der Waals surface area contributed by atoms with Crippen LogP contribution in [0.25, 0.3) is 0 Å². The van der Waals surface area contributed by atoms with Crippen LogP contribution in [0.15, 0.2) is 0 Å². The van der Waals surface area contributed by atoms with Gasteiger partial charge in [-0.05, 0) is 31.6 Å². The molecule has 0 aromatic carbocycles. The van der Waals surface area contributed by atoms with Crippen molar-refractivity contribution in [3.05, 3.63) is 15.6 Å². The summed E-state index contributed by atoms with van der Waals surface area (Å²) in [5, 5.41) is 1.15. The number of aryl methyl sites for hydroxylation is 2. The predicted octanol–water partition coefficient (Wildman–Crippen LogP) is 2.68. The first-order valence-electron chi connectivity index (χ1n) is 5.42. The standard InChI is InChI=1S/C11H18N2S/c1-7(2)10(12)11-13-8-5-3-4-6-9(8)14-11/h7,10H,3-6,12H2,1-2H3/t10-/m0/s1. The molecule has 1 aromatic heterocycles. The molecule has 1 aliphatic rings. The van der Waals surface area contributed by atoms with Crippen molar-refractivity contribution in [2.75, 3.05) is 0 Å². The van der Waals surface area contributed by atoms with Crippen LogP contribution < -0.4 is 5.73 Å². The molecule has 0 aliphatic heterocycles. The van der Waals surface area contributed by atoms with E-state index >= 15 is 0 Å². The van der Waals surface area contributed by atoms with Crippen LogP contribution >= 0.6 is 11.3 Å². The molecule has 0 bridgehead atoms. The average molecular weight is 210 g/mol. The van der Waals surface area contributed by atoms with Crippen LogP contribution in [0.2, 0.25) is 0 Å². The molecule has 2 rings (SSSR count). The van der Waals surface area contributed by atoms with Gasteiger partial charge in [-0.2, -0.15) is 0 Å². The van der Waals surface area contributed by atoms with Gasteiger partial charge in [0.25, 0.3) is 0 Å². The van der Waals surface area contributed by atoms with E-state index in [1.54, 1.807) is 0 Å². The molecule has 0 amide bonds. The van der Waals surface area contributed by atoms with Crippen molar-refractivity contribution in [3.63, 3.8) is 0 Å². The number of fused-ring (bicyclic) bond motifs is 1. The normalized spacial score (nSPS) is 18.3. The highest BCUT2D eigenvalue weighted by Gasteiger charge is 2.20. The van der Waals surface area contributed by atoms with Crippen molar-refractivity contribution < 1.29 is 0 Å². The van der Waals surface area contributed by atoms with Gasteiger partial charge in [0.05, 0.1) is 11.7 Å². The van der Waals surface area contributed by atoms with E-state index in [9.17, 15) is 0 Å². The smallest absolute Gasteiger partial charge is 0.110 e. The Kier molecular flexibility index (Phi) is 2.88. The fourth-order valence-corrected chi connectivity index (χ4v) is 3.13. The number of nitrogens with zero attached hydrogens (tertiary/aromatic N) is 1. The first kappa shape index (κ1) is 10.1. The van der Waals surface area contributed by atoms with Crippen LogP contribution in [-0.4, -0.2) is 4.98 Å². The highest BCUT2D eigenvalue weighted by atomic mass is 32.1. The van der Waals surface area contributed by atoms with Crippen LogP contribution in [0.1, 0.15) is 48.3 Å². The number of hydrogen-bond donors (Lipinski definition) is 1. The van der Waals surface area contributed by atoms with Gasteiger partial charge in [-0.15, -0.1) is 11.3 Å². The Balaban J connectivity index is 2.23. The largest absolute Gasteiger partial charge is 0.322 e. The maximum atomic E-state index is 6.10. The minimum atomic E-state index is 0.130. The van der Waals surface area contributed by atoms with Crippen molar-refractivity contribution in [2.24, 2.45) is 11.7 Å². The van der Waals surface area contributed by atoms with Crippen LogP contribution in [0, 0.1) is 5.92 Å². The van der Waals surface area contributed by atoms with Crippen molar-refractivity contribution in [1.82, 2.24) is 4.98 Å². The summed E-state index contributed by atoms with van der Waals surface area (Å²) >= 11 is 1.84. The van der Waals surface area contributed by atoms with E-state index in [4.69, 9.17) is 5.73 Å². The lowest BCUT2D eigenvalue weighted by Crippen LogP contribution is -2.16. The summed E-state index contributed by atoms with van der Waals surface area (Å²) in [7, 11) is 0. The summed E-state index contributed by atoms with van der Waals surface area (Å²) < 4.78 is 0. The zero-order valence-electron chi connectivity index (χ0n) is 8.92. The van der Waals surface area contributed by atoms with Crippen molar-refractivity contribution in [3.8, 4) is 0 Å². The third kappa shape index (κ3) is 1.84. The van der Waals surface area contributed by atoms with Crippen LogP contribution in [0.5, 0.6) is 0 Å². The van der Waals surface area contributed by atoms with E-state index in [1.165, 1.54) is 29.8 Å². The number of thiazole rings is 1. The van der Waals surface area contributed by atoms with Gasteiger partial charge in [-0.1, -0.05) is 13.8 Å². The van der Waals surface area contributed by atoms with Gasteiger partial charge in [0.2, 0.25) is 0 Å². The second-order valence-electron chi connectivity index (χ2n) is 4.40. The molecule has 0 saturated heterocycles. The Morgan fingerprint density at radius 3 is 2.64 bits per heavy atom. The molecule has 2 N–H and O–H groups in total. The molecule has 0 unspecified atom stereocenters. The van der Waals surface area contributed by atoms with Gasteiger partial charge < -0.3 is 5.73 Å². The molecule has 0 fully saturated rings. The number of aromatic nitrogens is 1. The van der Waals surface area contributed by atoms with E-state index in [2.05, 4.69) is 18.8 Å². The summed E-state index contributed by atoms with van der Waals surface area (Å²) in [4.78, 5) is 6.15. The van der Waals surface area contributed by atoms with Gasteiger partial charge in [0.15, 0.2) is 0 Å². The average Bonchev–Trinajstić information content (AvgIpc) is 2.59. The Morgan fingerprint density at radius 1 is 1.29 bits per heavy atom. The first-order valence-corrected chi connectivity index (χ1v) is 6.24. The first-order chi connectivity index (χ1) is 6.68. The third-order valence-electron chi connectivity index (χ3n) is 2.87. The molecule has 1 aliphatic carbocycles. The highest BCUT2D eigenvalue weighted by Crippen LogP contribution is 2.31. The van der Waals surface area contributed by atoms with E-state index in [0.717, 1.165) is 11.4 Å². The lowest BCUT2D eigenvalue weighted by atomic mass is 10.0. The minimum Gasteiger partial charge on any atom is -0.322 e. The van der Waals surface area contributed by atoms with Crippen molar-refractivity contribution >= 4 is 11.3 Å². The molecule has 78 valence electrons. The third-order valence-corrected chi connectivity index (χ3v) is 4.12. The predicted molar refractivity (Wildman–Crippen MR) is 60.5 cm³/mol. The number of rotatable bonds is 2. The Hall–Kier alpha value is -0.410. The molecule has 1 atom stereocenters. The topological polar surface area (TPSA) is 38.9 Å². The molecule has 2 nitrogen and oxygen atoms in total. The second kappa shape index (κ2) is 3.99. The molecule has 0 saturated carbocycles. The summed E-state index contributed by atoms with van der Waals surface area (Å²) in [6.07, 6.45) is 5.01. The Morgan fingerprint density at radius 2 is 2.00 bits per heavy atom. The zero-order valence-corrected chi connectivity index (χ0v) is 9.73. The molecule has 14 heavy (non-hydrogen) atoms. The van der Waals surface area contributed by atoms with Gasteiger partial charge in [0.1, 0.15) is 5.01 Å². The molecule has 0 radical (unpaired) electrons. The highest BCUT2D eigenvalue weighted by molar-refractivity contribution is 7.11. The molecule has 1 aromatic rings. The van der Waals surface area contributed by atoms with E-state index < -0.39 is 0 Å². The minimum absolute atomic E-state index is 0.130. The monoisotopic (exact) mass is 210 g/mol. The number of hydrogen-bond acceptors (Lipinski definition) is 3. The van der Waals surface area contributed by atoms with Crippen LogP contribution in [0.4, 0.5) is 0 Å². The van der Waals surface area contributed by atoms with Crippen LogP contribution in [0.3, 0.4) is 0 Å². The maximum Gasteiger partial charge on any atom is 0.110 e. The maximum absolute atomic E-state index is 6.10. The lowest BCUT2D eigenvalue weighted by Gasteiger charge is -2.11. The fraction of sp³-hybridized carbons (Fsp3) is 0.727. The van der Waals surface area contributed by atoms with E-state index in [1.807, 2.05) is 11.3 Å². The van der Waals surface area contributed by atoms with E-state index in [-0.39, 0.29) is 6.04 Å². The summed E-state index contributed by atoms with van der Waals surface area (Å²) in [5.74, 6) is 0.489. The van der Waals surface area contributed by atoms with Gasteiger partial charge in [0, 0.05) is 4.88 Å². The Bertz CT molecular complexity index is 294. The van der Waals surface area contributed by atoms with Gasteiger partial charge in [-0.25, -0.2) is 4.98 Å². The zero-order chi connectivity index (χ0) is 10.1. The number of nitrogens with two attached hydrogens (primary N) is 1. The van der Waals surface area contributed by atoms with Crippen molar-refractivity contribution in [1.29, 1.82) is 0 Å². The lowest BCUT2D eigenvalue weighted by molar-refractivity contribution is 0.510. The fourth-order valence-electron chi connectivity index (χ4n) is 1.80. The summed E-state index contributed by atoms with van der Waals surface area (Å²) in [6, 6.07) is 0.130. The van der Waals surface area contributed by atoms with E-state index in [0.29, 0.717) is 5.92 Å².